The van der Waals surface area contributed by atoms with E-state index in [4.69, 9.17) is 9.72 Å². The predicted molar refractivity (Wildman–Crippen MR) is 182 cm³/mol. The van der Waals surface area contributed by atoms with Gasteiger partial charge in [0.2, 0.25) is 11.8 Å². The molecule has 1 saturated heterocycles. The Hall–Kier alpha value is -4.59. The molecule has 13 nitrogen and oxygen atoms in total. The average molecular weight is 674 g/mol. The number of nitrogens with zero attached hydrogens (tertiary/aromatic N) is 8. The number of fused-ring (bicyclic) bond motifs is 4. The van der Waals surface area contributed by atoms with Gasteiger partial charge in [0.1, 0.15) is 18.1 Å². The molecule has 2 atom stereocenters. The second kappa shape index (κ2) is 12.8. The highest BCUT2D eigenvalue weighted by Crippen LogP contribution is 2.32. The predicted octanol–water partition coefficient (Wildman–Crippen LogP) is 4.91. The quantitative estimate of drug-likeness (QED) is 0.310. The minimum atomic E-state index is -4.28. The van der Waals surface area contributed by atoms with Gasteiger partial charge in [-0.1, -0.05) is 39.0 Å². The second-order valence-electron chi connectivity index (χ2n) is 14.0. The molecule has 1 fully saturated rings. The maximum atomic E-state index is 14.5. The molecule has 6 rings (SSSR count). The number of sulfonamides is 1. The maximum Gasteiger partial charge on any atom is 0.283 e. The van der Waals surface area contributed by atoms with Gasteiger partial charge in [0, 0.05) is 37.3 Å². The van der Waals surface area contributed by atoms with Crippen molar-refractivity contribution in [2.75, 3.05) is 22.8 Å². The zero-order valence-corrected chi connectivity index (χ0v) is 29.4. The summed E-state index contributed by atoms with van der Waals surface area (Å²) in [6.07, 6.45) is 6.16. The van der Waals surface area contributed by atoms with Gasteiger partial charge in [-0.3, -0.25) is 14.5 Å². The van der Waals surface area contributed by atoms with Crippen molar-refractivity contribution in [2.45, 2.75) is 84.5 Å². The van der Waals surface area contributed by atoms with Gasteiger partial charge in [0.15, 0.2) is 5.03 Å². The van der Waals surface area contributed by atoms with Gasteiger partial charge >= 0.3 is 0 Å². The molecule has 254 valence electrons. The number of anilines is 2. The number of hydrogen-bond acceptors (Lipinski definition) is 10. The van der Waals surface area contributed by atoms with Crippen molar-refractivity contribution in [3.05, 3.63) is 65.2 Å². The second-order valence-corrected chi connectivity index (χ2v) is 15.6. The van der Waals surface area contributed by atoms with E-state index in [-0.39, 0.29) is 41.1 Å². The first-order valence-corrected chi connectivity index (χ1v) is 17.7. The lowest BCUT2D eigenvalue weighted by Gasteiger charge is -2.35. The molecule has 3 aromatic heterocycles. The molecule has 0 radical (unpaired) electrons. The third-order valence-corrected chi connectivity index (χ3v) is 10.0. The van der Waals surface area contributed by atoms with Crippen LogP contribution in [0.1, 0.15) is 74.3 Å². The van der Waals surface area contributed by atoms with Crippen LogP contribution in [0.4, 0.5) is 11.8 Å². The third kappa shape index (κ3) is 6.98. The maximum absolute atomic E-state index is 14.5. The zero-order chi connectivity index (χ0) is 34.4. The Balaban J connectivity index is 1.47. The lowest BCUT2D eigenvalue weighted by Crippen LogP contribution is -2.46. The van der Waals surface area contributed by atoms with Crippen molar-refractivity contribution >= 4 is 27.7 Å². The average Bonchev–Trinajstić information content (AvgIpc) is 3.62. The lowest BCUT2D eigenvalue weighted by molar-refractivity contribution is 0.0498. The van der Waals surface area contributed by atoms with Crippen LogP contribution in [0, 0.1) is 19.3 Å². The van der Waals surface area contributed by atoms with Crippen LogP contribution in [0.3, 0.4) is 0 Å². The van der Waals surface area contributed by atoms with Gasteiger partial charge in [-0.25, -0.2) is 14.7 Å². The minimum Gasteiger partial charge on any atom is -0.475 e. The number of nitrogens with one attached hydrogen (secondary N) is 1. The van der Waals surface area contributed by atoms with Crippen LogP contribution in [0.25, 0.3) is 11.3 Å². The summed E-state index contributed by atoms with van der Waals surface area (Å²) in [7, 11) is -2.73. The third-order valence-electron chi connectivity index (χ3n) is 8.84. The van der Waals surface area contributed by atoms with Gasteiger partial charge in [-0.15, -0.1) is 0 Å². The molecule has 1 N–H and O–H groups in total. The summed E-state index contributed by atoms with van der Waals surface area (Å²) in [6, 6.07) is 8.78. The zero-order valence-electron chi connectivity index (χ0n) is 28.6. The molecular weight excluding hydrogens is 631 g/mol. The summed E-state index contributed by atoms with van der Waals surface area (Å²) >= 11 is 0. The van der Waals surface area contributed by atoms with Crippen LogP contribution in [-0.2, 0) is 23.6 Å². The van der Waals surface area contributed by atoms with E-state index in [1.54, 1.807) is 30.4 Å². The standard InChI is InChI=1S/C34H43N9O4S/c1-21-10-8-11-22(2)31(21)26-14-29-38-33(37-26)40-48(45,46)30-15-27(41(7)39-30)32(44)43(25(20-47-29)16-34(4,5)6)19-24-17-35-18-28(36-24)42-13-9-12-23(42)3/h8,10-11,14-15,17-18,23,25H,9,12-13,16,19-20H2,1-7H3,(H,37,38,40)/t23-,25-/m1/s1. The highest BCUT2D eigenvalue weighted by atomic mass is 32.2. The molecule has 1 amide bonds. The molecule has 0 spiro atoms. The topological polar surface area (TPSA) is 148 Å². The molecule has 0 unspecified atom stereocenters. The first-order chi connectivity index (χ1) is 22.7. The Morgan fingerprint density at radius 3 is 2.50 bits per heavy atom. The molecule has 0 saturated carbocycles. The van der Waals surface area contributed by atoms with E-state index in [1.807, 2.05) is 32.0 Å². The number of aryl methyl sites for hydroxylation is 3. The summed E-state index contributed by atoms with van der Waals surface area (Å²) in [4.78, 5) is 36.9. The molecule has 1 aromatic carbocycles. The van der Waals surface area contributed by atoms with Gasteiger partial charge in [0.25, 0.3) is 15.9 Å². The number of aromatic nitrogens is 6. The molecule has 48 heavy (non-hydrogen) atoms. The van der Waals surface area contributed by atoms with Crippen molar-refractivity contribution in [1.29, 1.82) is 0 Å². The monoisotopic (exact) mass is 673 g/mol. The number of benzene rings is 1. The Morgan fingerprint density at radius 2 is 1.81 bits per heavy atom. The normalized spacial score (nSPS) is 19.6. The number of rotatable bonds is 5. The molecule has 4 aromatic rings. The van der Waals surface area contributed by atoms with Gasteiger partial charge in [-0.05, 0) is 56.6 Å². The van der Waals surface area contributed by atoms with Gasteiger partial charge in [0.05, 0.1) is 36.4 Å². The molecule has 2 aliphatic heterocycles. The van der Waals surface area contributed by atoms with Crippen LogP contribution in [-0.4, -0.2) is 74.2 Å². The summed E-state index contributed by atoms with van der Waals surface area (Å²) in [5, 5.41) is 3.92. The van der Waals surface area contributed by atoms with E-state index in [1.165, 1.54) is 10.7 Å². The van der Waals surface area contributed by atoms with Crippen LogP contribution in [0.2, 0.25) is 0 Å². The van der Waals surface area contributed by atoms with Crippen LogP contribution < -0.4 is 14.4 Å². The fourth-order valence-electron chi connectivity index (χ4n) is 6.55. The fraction of sp³-hybridized carbons (Fsp3) is 0.471. The van der Waals surface area contributed by atoms with E-state index in [9.17, 15) is 13.2 Å². The molecule has 0 aliphatic carbocycles. The molecule has 14 heteroatoms. The van der Waals surface area contributed by atoms with Crippen molar-refractivity contribution < 1.29 is 17.9 Å². The highest BCUT2D eigenvalue weighted by Gasteiger charge is 2.34. The van der Waals surface area contributed by atoms with Crippen molar-refractivity contribution in [2.24, 2.45) is 12.5 Å². The molecule has 2 aliphatic rings. The van der Waals surface area contributed by atoms with E-state index < -0.39 is 22.0 Å². The summed E-state index contributed by atoms with van der Waals surface area (Å²) in [5.74, 6) is 0.387. The number of amides is 1. The summed E-state index contributed by atoms with van der Waals surface area (Å²) in [6.45, 7) is 13.5. The Bertz CT molecular complexity index is 1930. The Morgan fingerprint density at radius 1 is 1.06 bits per heavy atom. The molecular formula is C34H43N9O4S. The fourth-order valence-corrected chi connectivity index (χ4v) is 7.49. The largest absolute Gasteiger partial charge is 0.475 e. The smallest absolute Gasteiger partial charge is 0.283 e. The first-order valence-electron chi connectivity index (χ1n) is 16.2. The van der Waals surface area contributed by atoms with Crippen LogP contribution in [0.15, 0.2) is 47.8 Å². The number of carbonyl (C=O) groups is 1. The van der Waals surface area contributed by atoms with E-state index in [0.717, 1.165) is 41.9 Å². The van der Waals surface area contributed by atoms with Crippen molar-refractivity contribution in [3.63, 3.8) is 0 Å². The van der Waals surface area contributed by atoms with E-state index in [2.05, 4.69) is 57.4 Å². The molecule has 4 bridgehead atoms. The lowest BCUT2D eigenvalue weighted by atomic mass is 9.87. The molecule has 5 heterocycles. The summed E-state index contributed by atoms with van der Waals surface area (Å²) in [5.41, 5.74) is 3.81. The van der Waals surface area contributed by atoms with Gasteiger partial charge in [-0.2, -0.15) is 18.5 Å². The number of carbonyl (C=O) groups excluding carboxylic acids is 1. The highest BCUT2D eigenvalue weighted by molar-refractivity contribution is 7.92. The van der Waals surface area contributed by atoms with Crippen LogP contribution >= 0.6 is 0 Å². The Labute approximate surface area is 281 Å². The minimum absolute atomic E-state index is 0.0827. The number of hydrogen-bond donors (Lipinski definition) is 1. The van der Waals surface area contributed by atoms with E-state index in [0.29, 0.717) is 23.9 Å². The SMILES string of the molecule is Cc1cccc(C)c1-c1cc2nc(n1)NS(=O)(=O)c1cc(n(C)n1)C(=O)N(Cc1cncc(N3CCC[C@H]3C)n1)[C@H](CC(C)(C)C)CO2. The van der Waals surface area contributed by atoms with Crippen LogP contribution in [0.5, 0.6) is 5.88 Å². The van der Waals surface area contributed by atoms with Crippen molar-refractivity contribution in [3.8, 4) is 17.1 Å². The first kappa shape index (κ1) is 33.3. The van der Waals surface area contributed by atoms with E-state index >= 15 is 0 Å². The number of ether oxygens (including phenoxy) is 1. The van der Waals surface area contributed by atoms with Crippen molar-refractivity contribution in [1.82, 2.24) is 34.6 Å². The Kier molecular flexibility index (Phi) is 8.88. The summed E-state index contributed by atoms with van der Waals surface area (Å²) < 4.78 is 37.4. The van der Waals surface area contributed by atoms with Gasteiger partial charge < -0.3 is 14.5 Å².